The molecule has 118 valence electrons. The lowest BCUT2D eigenvalue weighted by Crippen LogP contribution is -2.28. The number of urea groups is 1. The molecule has 0 spiro atoms. The van der Waals surface area contributed by atoms with Crippen LogP contribution in [0, 0.1) is 6.92 Å². The molecule has 0 unspecified atom stereocenters. The zero-order chi connectivity index (χ0) is 16.2. The number of carbonyl (C=O) groups excluding carboxylic acids is 1. The summed E-state index contributed by atoms with van der Waals surface area (Å²) in [6.07, 6.45) is 0. The Balaban J connectivity index is 1.62. The lowest BCUT2D eigenvalue weighted by molar-refractivity contribution is 0.252. The molecule has 0 saturated carbocycles. The summed E-state index contributed by atoms with van der Waals surface area (Å²) in [6, 6.07) is 10.9. The van der Waals surface area contributed by atoms with Gasteiger partial charge in [-0.2, -0.15) is 0 Å². The number of thiazole rings is 1. The van der Waals surface area contributed by atoms with Gasteiger partial charge in [-0.25, -0.2) is 9.78 Å². The van der Waals surface area contributed by atoms with E-state index < -0.39 is 0 Å². The van der Waals surface area contributed by atoms with E-state index in [1.165, 1.54) is 0 Å². The van der Waals surface area contributed by atoms with Crippen LogP contribution in [0.1, 0.15) is 10.6 Å². The normalized spacial score (nSPS) is 10.5. The molecule has 0 fully saturated rings. The molecule has 0 atom stereocenters. The molecule has 2 heterocycles. The Kier molecular flexibility index (Phi) is 4.95. The van der Waals surface area contributed by atoms with E-state index >= 15 is 0 Å². The molecule has 2 N–H and O–H groups in total. The van der Waals surface area contributed by atoms with E-state index in [-0.39, 0.29) is 6.03 Å². The highest BCUT2D eigenvalue weighted by Crippen LogP contribution is 2.31. The minimum Gasteiger partial charge on any atom is -0.333 e. The zero-order valence-corrected chi connectivity index (χ0v) is 14.7. The van der Waals surface area contributed by atoms with Gasteiger partial charge in [-0.1, -0.05) is 29.8 Å². The first-order valence-corrected chi connectivity index (χ1v) is 9.00. The van der Waals surface area contributed by atoms with E-state index in [2.05, 4.69) is 15.6 Å². The molecule has 0 saturated heterocycles. The molecule has 3 rings (SSSR count). The number of nitrogens with one attached hydrogen (secondary N) is 2. The minimum absolute atomic E-state index is 0.288. The van der Waals surface area contributed by atoms with Crippen LogP contribution in [0.25, 0.3) is 9.88 Å². The Bertz CT molecular complexity index is 815. The fraction of sp³-hybridized carbons (Fsp3) is 0.125. The molecule has 0 bridgehead atoms. The number of hydrogen-bond donors (Lipinski definition) is 2. The largest absolute Gasteiger partial charge is 0.333 e. The van der Waals surface area contributed by atoms with Gasteiger partial charge in [0.1, 0.15) is 5.01 Å². The zero-order valence-electron chi connectivity index (χ0n) is 12.3. The van der Waals surface area contributed by atoms with Crippen molar-refractivity contribution in [3.8, 4) is 9.88 Å². The summed E-state index contributed by atoms with van der Waals surface area (Å²) >= 11 is 9.28. The van der Waals surface area contributed by atoms with Gasteiger partial charge in [0.2, 0.25) is 0 Å². The number of thiophene rings is 1. The number of rotatable bonds is 4. The molecule has 0 radical (unpaired) electrons. The molecular formula is C16H14ClN3OS2. The number of benzene rings is 1. The number of hydrogen-bond acceptors (Lipinski definition) is 4. The van der Waals surface area contributed by atoms with E-state index in [9.17, 15) is 4.79 Å². The van der Waals surface area contributed by atoms with E-state index in [1.54, 1.807) is 34.8 Å². The van der Waals surface area contributed by atoms with Gasteiger partial charge >= 0.3 is 6.03 Å². The van der Waals surface area contributed by atoms with Crippen LogP contribution in [0.15, 0.2) is 41.8 Å². The highest BCUT2D eigenvalue weighted by Gasteiger charge is 2.11. The third-order valence-electron chi connectivity index (χ3n) is 3.16. The molecule has 3 aromatic rings. The van der Waals surface area contributed by atoms with E-state index in [0.29, 0.717) is 17.3 Å². The van der Waals surface area contributed by atoms with Crippen LogP contribution in [0.2, 0.25) is 5.02 Å². The molecule has 2 aromatic heterocycles. The average Bonchev–Trinajstić information content (AvgIpc) is 3.17. The number of carbonyl (C=O) groups is 1. The molecule has 0 aliphatic rings. The summed E-state index contributed by atoms with van der Waals surface area (Å²) in [5, 5.41) is 9.10. The molecule has 4 nitrogen and oxygen atoms in total. The van der Waals surface area contributed by atoms with Gasteiger partial charge < -0.3 is 10.6 Å². The maximum atomic E-state index is 12.0. The monoisotopic (exact) mass is 363 g/mol. The molecule has 7 heteroatoms. The molecule has 1 aromatic carbocycles. The van der Waals surface area contributed by atoms with Crippen LogP contribution >= 0.6 is 34.3 Å². The second-order valence-corrected chi connectivity index (χ2v) is 7.23. The standard InChI is InChI=1S/C16H14ClN3OS2/c1-10-14(23-15(19-10)13-7-4-8-22-13)9-18-16(21)20-12-6-3-2-5-11(12)17/h2-8H,9H2,1H3,(H2,18,20,21). The van der Waals surface area contributed by atoms with Crippen molar-refractivity contribution in [2.75, 3.05) is 5.32 Å². The summed E-state index contributed by atoms with van der Waals surface area (Å²) in [6.45, 7) is 2.39. The smallest absolute Gasteiger partial charge is 0.319 e. The number of anilines is 1. The van der Waals surface area contributed by atoms with Crippen LogP contribution in [-0.2, 0) is 6.54 Å². The van der Waals surface area contributed by atoms with E-state index in [0.717, 1.165) is 20.5 Å². The lowest BCUT2D eigenvalue weighted by Gasteiger charge is -2.08. The molecule has 2 amide bonds. The van der Waals surface area contributed by atoms with Gasteiger partial charge in [0.15, 0.2) is 0 Å². The fourth-order valence-electron chi connectivity index (χ4n) is 1.99. The Morgan fingerprint density at radius 1 is 1.26 bits per heavy atom. The third-order valence-corrected chi connectivity index (χ3v) is 5.68. The maximum Gasteiger partial charge on any atom is 0.319 e. The summed E-state index contributed by atoms with van der Waals surface area (Å²) in [4.78, 5) is 18.7. The van der Waals surface area contributed by atoms with Gasteiger partial charge in [-0.3, -0.25) is 0 Å². The number of aromatic nitrogens is 1. The highest BCUT2D eigenvalue weighted by atomic mass is 35.5. The van der Waals surface area contributed by atoms with Gasteiger partial charge in [0.05, 0.1) is 27.8 Å². The number of amides is 2. The van der Waals surface area contributed by atoms with Crippen molar-refractivity contribution in [1.29, 1.82) is 0 Å². The number of halogens is 1. The van der Waals surface area contributed by atoms with Crippen molar-refractivity contribution in [3.63, 3.8) is 0 Å². The first-order chi connectivity index (χ1) is 11.1. The molecular weight excluding hydrogens is 350 g/mol. The van der Waals surface area contributed by atoms with Crippen LogP contribution < -0.4 is 10.6 Å². The minimum atomic E-state index is -0.288. The van der Waals surface area contributed by atoms with Crippen molar-refractivity contribution in [3.05, 3.63) is 57.4 Å². The Labute approximate surface area is 147 Å². The predicted molar refractivity (Wildman–Crippen MR) is 97.5 cm³/mol. The van der Waals surface area contributed by atoms with Crippen LogP contribution in [0.4, 0.5) is 10.5 Å². The molecule has 0 aliphatic carbocycles. The summed E-state index contributed by atoms with van der Waals surface area (Å²) < 4.78 is 0. The Morgan fingerprint density at radius 3 is 2.83 bits per heavy atom. The lowest BCUT2D eigenvalue weighted by atomic mass is 10.3. The van der Waals surface area contributed by atoms with Crippen molar-refractivity contribution in [2.24, 2.45) is 0 Å². The first-order valence-electron chi connectivity index (χ1n) is 6.93. The average molecular weight is 364 g/mol. The van der Waals surface area contributed by atoms with Gasteiger partial charge in [-0.15, -0.1) is 22.7 Å². The molecule has 23 heavy (non-hydrogen) atoms. The topological polar surface area (TPSA) is 54.0 Å². The van der Waals surface area contributed by atoms with Crippen molar-refractivity contribution in [1.82, 2.24) is 10.3 Å². The van der Waals surface area contributed by atoms with Crippen LogP contribution in [0.5, 0.6) is 0 Å². The van der Waals surface area contributed by atoms with Crippen molar-refractivity contribution < 1.29 is 4.79 Å². The predicted octanol–water partition coefficient (Wildman–Crippen LogP) is 5.16. The van der Waals surface area contributed by atoms with Crippen LogP contribution in [0.3, 0.4) is 0 Å². The van der Waals surface area contributed by atoms with Crippen molar-refractivity contribution in [2.45, 2.75) is 13.5 Å². The Hall–Kier alpha value is -1.89. The summed E-state index contributed by atoms with van der Waals surface area (Å²) in [5.74, 6) is 0. The third kappa shape index (κ3) is 3.90. The van der Waals surface area contributed by atoms with Gasteiger partial charge in [0.25, 0.3) is 0 Å². The quantitative estimate of drug-likeness (QED) is 0.673. The summed E-state index contributed by atoms with van der Waals surface area (Å²) in [7, 11) is 0. The Morgan fingerprint density at radius 2 is 2.09 bits per heavy atom. The van der Waals surface area contributed by atoms with Gasteiger partial charge in [0, 0.05) is 4.88 Å². The molecule has 0 aliphatic heterocycles. The van der Waals surface area contributed by atoms with Gasteiger partial charge in [-0.05, 0) is 30.5 Å². The fourth-order valence-corrected chi connectivity index (χ4v) is 3.97. The van der Waals surface area contributed by atoms with E-state index in [4.69, 9.17) is 11.6 Å². The highest BCUT2D eigenvalue weighted by molar-refractivity contribution is 7.21. The van der Waals surface area contributed by atoms with E-state index in [1.807, 2.05) is 36.6 Å². The number of aryl methyl sites for hydroxylation is 1. The second kappa shape index (κ2) is 7.12. The SMILES string of the molecule is Cc1nc(-c2cccs2)sc1CNC(=O)Nc1ccccc1Cl. The summed E-state index contributed by atoms with van der Waals surface area (Å²) in [5.41, 5.74) is 1.53. The number of para-hydroxylation sites is 1. The first kappa shape index (κ1) is 16.0. The second-order valence-electron chi connectivity index (χ2n) is 4.79. The van der Waals surface area contributed by atoms with Crippen molar-refractivity contribution >= 4 is 46.0 Å². The maximum absolute atomic E-state index is 12.0. The number of nitrogens with zero attached hydrogens (tertiary/aromatic N) is 1. The van der Waals surface area contributed by atoms with Crippen LogP contribution in [-0.4, -0.2) is 11.0 Å².